The maximum atomic E-state index is 12.9. The van der Waals surface area contributed by atoms with Crippen molar-refractivity contribution < 1.29 is 9.32 Å². The Hall–Kier alpha value is -0.890. The van der Waals surface area contributed by atoms with E-state index in [4.69, 9.17) is 10.3 Å². The van der Waals surface area contributed by atoms with Gasteiger partial charge in [0, 0.05) is 38.1 Å². The number of aromatic nitrogens is 2. The highest BCUT2D eigenvalue weighted by Crippen LogP contribution is 2.28. The fourth-order valence-corrected chi connectivity index (χ4v) is 3.20. The van der Waals surface area contributed by atoms with Gasteiger partial charge in [0.2, 0.25) is 11.8 Å². The van der Waals surface area contributed by atoms with Gasteiger partial charge in [-0.1, -0.05) is 39.8 Å². The fourth-order valence-electron chi connectivity index (χ4n) is 3.20. The number of carbonyl (C=O) groups excluding carboxylic acids is 1. The average Bonchev–Trinajstić information content (AvgIpc) is 3.06. The largest absolute Gasteiger partial charge is 0.340 e. The second kappa shape index (κ2) is 10.6. The van der Waals surface area contributed by atoms with E-state index in [1.807, 2.05) is 18.7 Å². The monoisotopic (exact) mass is 423 g/mol. The summed E-state index contributed by atoms with van der Waals surface area (Å²) in [7, 11) is 0. The first kappa shape index (κ1) is 26.1. The molecule has 0 radical (unpaired) electrons. The molecule has 0 atom stereocenters. The molecule has 9 heteroatoms. The number of amides is 1. The van der Waals surface area contributed by atoms with Crippen molar-refractivity contribution in [1.82, 2.24) is 19.9 Å². The first-order valence-electron chi connectivity index (χ1n) is 9.30. The lowest BCUT2D eigenvalue weighted by molar-refractivity contribution is -0.144. The molecule has 27 heavy (non-hydrogen) atoms. The number of hydrogen-bond acceptors (Lipinski definition) is 6. The maximum Gasteiger partial charge on any atom is 0.232 e. The average molecular weight is 424 g/mol. The van der Waals surface area contributed by atoms with Gasteiger partial charge in [0.15, 0.2) is 5.82 Å². The zero-order valence-corrected chi connectivity index (χ0v) is 18.8. The molecule has 0 unspecified atom stereocenters. The van der Waals surface area contributed by atoms with Crippen molar-refractivity contribution in [1.29, 1.82) is 0 Å². The molecule has 1 fully saturated rings. The van der Waals surface area contributed by atoms with Gasteiger partial charge in [0.25, 0.3) is 0 Å². The van der Waals surface area contributed by atoms with Crippen LogP contribution in [0.5, 0.6) is 0 Å². The lowest BCUT2D eigenvalue weighted by atomic mass is 9.81. The van der Waals surface area contributed by atoms with E-state index >= 15 is 0 Å². The van der Waals surface area contributed by atoms with Crippen LogP contribution in [-0.2, 0) is 16.8 Å². The summed E-state index contributed by atoms with van der Waals surface area (Å²) in [6.45, 7) is 14.4. The molecule has 1 saturated heterocycles. The molecule has 2 heterocycles. The van der Waals surface area contributed by atoms with Crippen LogP contribution in [0.25, 0.3) is 0 Å². The van der Waals surface area contributed by atoms with Crippen molar-refractivity contribution in [3.8, 4) is 0 Å². The van der Waals surface area contributed by atoms with Crippen LogP contribution in [0.2, 0.25) is 0 Å². The molecule has 0 aliphatic carbocycles. The van der Waals surface area contributed by atoms with E-state index < -0.39 is 5.41 Å². The van der Waals surface area contributed by atoms with Crippen molar-refractivity contribution in [3.63, 3.8) is 0 Å². The third-order valence-electron chi connectivity index (χ3n) is 5.33. The number of halogens is 2. The van der Waals surface area contributed by atoms with Gasteiger partial charge in [-0.05, 0) is 12.8 Å². The molecule has 0 saturated carbocycles. The van der Waals surface area contributed by atoms with Gasteiger partial charge in [-0.3, -0.25) is 9.69 Å². The van der Waals surface area contributed by atoms with Crippen LogP contribution < -0.4 is 5.73 Å². The number of rotatable bonds is 6. The molecule has 7 nitrogen and oxygen atoms in total. The van der Waals surface area contributed by atoms with Crippen LogP contribution >= 0.6 is 24.8 Å². The summed E-state index contributed by atoms with van der Waals surface area (Å²) in [5.74, 6) is 1.58. The van der Waals surface area contributed by atoms with Crippen LogP contribution in [0.4, 0.5) is 0 Å². The second-order valence-corrected chi connectivity index (χ2v) is 8.03. The van der Waals surface area contributed by atoms with Crippen molar-refractivity contribution in [2.75, 3.05) is 32.7 Å². The Balaban J connectivity index is 0.00000338. The standard InChI is InChI=1S/C18H33N5O2.2ClH/c1-6-18(7-2,13-19)16(24)23-10-8-22(9-11-23)12-14-20-15(25-21-14)17(3,4)5;;/h6-13,19H2,1-5H3;2*1H. The molecule has 1 aromatic heterocycles. The van der Waals surface area contributed by atoms with Crippen molar-refractivity contribution in [2.24, 2.45) is 11.1 Å². The van der Waals surface area contributed by atoms with Gasteiger partial charge in [0.05, 0.1) is 12.0 Å². The first-order valence-corrected chi connectivity index (χ1v) is 9.30. The van der Waals surface area contributed by atoms with Gasteiger partial charge in [-0.2, -0.15) is 4.98 Å². The predicted octanol–water partition coefficient (Wildman–Crippen LogP) is 2.62. The van der Waals surface area contributed by atoms with Crippen molar-refractivity contribution in [2.45, 2.75) is 59.4 Å². The number of nitrogens with two attached hydrogens (primary N) is 1. The minimum Gasteiger partial charge on any atom is -0.340 e. The summed E-state index contributed by atoms with van der Waals surface area (Å²) >= 11 is 0. The van der Waals surface area contributed by atoms with Gasteiger partial charge < -0.3 is 15.2 Å². The Labute approximate surface area is 175 Å². The van der Waals surface area contributed by atoms with Crippen molar-refractivity contribution in [3.05, 3.63) is 11.7 Å². The predicted molar refractivity (Wildman–Crippen MR) is 111 cm³/mol. The first-order chi connectivity index (χ1) is 11.8. The molecule has 0 aromatic carbocycles. The van der Waals surface area contributed by atoms with E-state index in [1.54, 1.807) is 0 Å². The smallest absolute Gasteiger partial charge is 0.232 e. The highest BCUT2D eigenvalue weighted by atomic mass is 35.5. The van der Waals surface area contributed by atoms with E-state index in [2.05, 4.69) is 35.8 Å². The maximum absolute atomic E-state index is 12.9. The van der Waals surface area contributed by atoms with Crippen LogP contribution in [0.3, 0.4) is 0 Å². The fraction of sp³-hybridized carbons (Fsp3) is 0.833. The van der Waals surface area contributed by atoms with E-state index in [0.29, 0.717) is 24.8 Å². The van der Waals surface area contributed by atoms with E-state index in [1.165, 1.54) is 0 Å². The Kier molecular flexibility index (Phi) is 10.2. The van der Waals surface area contributed by atoms with Crippen LogP contribution in [0.1, 0.15) is 59.2 Å². The van der Waals surface area contributed by atoms with E-state index in [-0.39, 0.29) is 36.1 Å². The summed E-state index contributed by atoms with van der Waals surface area (Å²) in [6.07, 6.45) is 1.58. The molecule has 1 amide bonds. The minimum absolute atomic E-state index is 0. The van der Waals surface area contributed by atoms with Crippen molar-refractivity contribution >= 4 is 30.7 Å². The molecular weight excluding hydrogens is 389 g/mol. The number of carbonyl (C=O) groups is 1. The highest BCUT2D eigenvalue weighted by molar-refractivity contribution is 5.85. The molecule has 2 rings (SSSR count). The molecule has 1 aromatic rings. The Morgan fingerprint density at radius 2 is 1.67 bits per heavy atom. The Morgan fingerprint density at radius 1 is 1.11 bits per heavy atom. The lowest BCUT2D eigenvalue weighted by Crippen LogP contribution is -2.54. The normalized spacial score (nSPS) is 15.9. The second-order valence-electron chi connectivity index (χ2n) is 8.03. The van der Waals surface area contributed by atoms with Crippen LogP contribution in [0.15, 0.2) is 4.52 Å². The molecular formula is C18H35Cl2N5O2. The molecule has 0 bridgehead atoms. The third-order valence-corrected chi connectivity index (χ3v) is 5.33. The number of piperazine rings is 1. The molecule has 1 aliphatic heterocycles. The topological polar surface area (TPSA) is 88.5 Å². The Morgan fingerprint density at radius 3 is 2.07 bits per heavy atom. The SMILES string of the molecule is CCC(CC)(CN)C(=O)N1CCN(Cc2noc(C(C)(C)C)n2)CC1.Cl.Cl. The highest BCUT2D eigenvalue weighted by Gasteiger charge is 2.37. The molecule has 158 valence electrons. The van der Waals surface area contributed by atoms with Gasteiger partial charge in [0.1, 0.15) is 0 Å². The molecule has 0 spiro atoms. The summed E-state index contributed by atoms with van der Waals surface area (Å²) in [4.78, 5) is 21.6. The van der Waals surface area contributed by atoms with Gasteiger partial charge in [-0.15, -0.1) is 24.8 Å². The van der Waals surface area contributed by atoms with Gasteiger partial charge >= 0.3 is 0 Å². The molecule has 2 N–H and O–H groups in total. The Bertz CT molecular complexity index is 568. The zero-order valence-electron chi connectivity index (χ0n) is 17.2. The molecule has 1 aliphatic rings. The summed E-state index contributed by atoms with van der Waals surface area (Å²) in [5.41, 5.74) is 5.38. The summed E-state index contributed by atoms with van der Waals surface area (Å²) in [5, 5.41) is 4.09. The van der Waals surface area contributed by atoms with Crippen LogP contribution in [-0.4, -0.2) is 58.6 Å². The minimum atomic E-state index is -0.405. The summed E-state index contributed by atoms with van der Waals surface area (Å²) in [6, 6.07) is 0. The number of hydrogen-bond donors (Lipinski definition) is 1. The zero-order chi connectivity index (χ0) is 18.7. The number of nitrogens with zero attached hydrogens (tertiary/aromatic N) is 4. The lowest BCUT2D eigenvalue weighted by Gasteiger charge is -2.40. The summed E-state index contributed by atoms with van der Waals surface area (Å²) < 4.78 is 5.35. The quantitative estimate of drug-likeness (QED) is 0.755. The van der Waals surface area contributed by atoms with E-state index in [9.17, 15) is 4.79 Å². The third kappa shape index (κ3) is 6.04. The van der Waals surface area contributed by atoms with Gasteiger partial charge in [-0.25, -0.2) is 0 Å². The van der Waals surface area contributed by atoms with Crippen LogP contribution in [0, 0.1) is 5.41 Å². The van der Waals surface area contributed by atoms with E-state index in [0.717, 1.165) is 39.0 Å².